The summed E-state index contributed by atoms with van der Waals surface area (Å²) in [4.78, 5) is 2.84. The van der Waals surface area contributed by atoms with Crippen LogP contribution in [0.4, 0.5) is 13.2 Å². The number of aromatic nitrogens is 2. The summed E-state index contributed by atoms with van der Waals surface area (Å²) in [6.45, 7) is 0. The van der Waals surface area contributed by atoms with Gasteiger partial charge in [-0.1, -0.05) is 0 Å². The summed E-state index contributed by atoms with van der Waals surface area (Å²) in [6, 6.07) is 6.18. The molecule has 0 radical (unpaired) electrons. The van der Waals surface area contributed by atoms with Crippen molar-refractivity contribution in [1.29, 1.82) is 0 Å². The van der Waals surface area contributed by atoms with Crippen LogP contribution in [-0.2, 0) is 0 Å². The van der Waals surface area contributed by atoms with E-state index in [-0.39, 0.29) is 4.77 Å². The van der Waals surface area contributed by atoms with E-state index in [1.807, 2.05) is 0 Å². The maximum absolute atomic E-state index is 14.0. The third-order valence-corrected chi connectivity index (χ3v) is 3.38. The Hall–Kier alpha value is -2.28. The summed E-state index contributed by atoms with van der Waals surface area (Å²) < 4.78 is 47.4. The number of hydrogen-bond donors (Lipinski definition) is 1. The predicted molar refractivity (Wildman–Crippen MR) is 74.9 cm³/mol. The van der Waals surface area contributed by atoms with Gasteiger partial charge in [0.2, 0.25) is 0 Å². The minimum atomic E-state index is -1.03. The Labute approximate surface area is 122 Å². The summed E-state index contributed by atoms with van der Waals surface area (Å²) in [5.41, 5.74) is 0.591. The van der Waals surface area contributed by atoms with Crippen LogP contribution in [0.3, 0.4) is 0 Å². The molecule has 0 unspecified atom stereocenters. The van der Waals surface area contributed by atoms with E-state index >= 15 is 0 Å². The number of imidazole rings is 1. The number of hydrogen-bond acceptors (Lipinski definition) is 2. The maximum atomic E-state index is 14.0. The quantitative estimate of drug-likeness (QED) is 0.722. The van der Waals surface area contributed by atoms with Gasteiger partial charge < -0.3 is 9.72 Å². The molecule has 0 aliphatic carbocycles. The van der Waals surface area contributed by atoms with Crippen LogP contribution >= 0.6 is 12.2 Å². The highest BCUT2D eigenvalue weighted by Gasteiger charge is 2.17. The van der Waals surface area contributed by atoms with Crippen molar-refractivity contribution in [3.05, 3.63) is 52.6 Å². The lowest BCUT2D eigenvalue weighted by Crippen LogP contribution is -2.03. The van der Waals surface area contributed by atoms with Crippen molar-refractivity contribution < 1.29 is 17.9 Å². The normalized spacial score (nSPS) is 11.0. The highest BCUT2D eigenvalue weighted by atomic mass is 32.1. The van der Waals surface area contributed by atoms with Crippen molar-refractivity contribution >= 4 is 23.3 Å². The molecular formula is C14H9F3N2OS. The van der Waals surface area contributed by atoms with Gasteiger partial charge in [-0.15, -0.1) is 0 Å². The summed E-state index contributed by atoms with van der Waals surface area (Å²) in [5.74, 6) is -2.55. The molecule has 1 heterocycles. The van der Waals surface area contributed by atoms with Crippen LogP contribution in [0.1, 0.15) is 0 Å². The Morgan fingerprint density at radius 1 is 1.10 bits per heavy atom. The van der Waals surface area contributed by atoms with Crippen LogP contribution in [0.5, 0.6) is 5.75 Å². The van der Waals surface area contributed by atoms with Gasteiger partial charge in [0.15, 0.2) is 16.4 Å². The van der Waals surface area contributed by atoms with E-state index in [1.54, 1.807) is 18.2 Å². The van der Waals surface area contributed by atoms with Gasteiger partial charge in [0.25, 0.3) is 0 Å². The minimum absolute atomic E-state index is 0.0997. The topological polar surface area (TPSA) is 29.9 Å². The average molecular weight is 310 g/mol. The molecule has 0 bridgehead atoms. The largest absolute Gasteiger partial charge is 0.497 e. The van der Waals surface area contributed by atoms with E-state index in [1.165, 1.54) is 11.7 Å². The van der Waals surface area contributed by atoms with Crippen molar-refractivity contribution in [3.8, 4) is 11.4 Å². The van der Waals surface area contributed by atoms with Crippen LogP contribution in [0.2, 0.25) is 0 Å². The molecule has 0 spiro atoms. The number of benzene rings is 2. The van der Waals surface area contributed by atoms with E-state index in [2.05, 4.69) is 4.98 Å². The van der Waals surface area contributed by atoms with Crippen molar-refractivity contribution in [1.82, 2.24) is 9.55 Å². The number of H-pyrrole nitrogens is 1. The highest BCUT2D eigenvalue weighted by molar-refractivity contribution is 7.71. The van der Waals surface area contributed by atoms with Gasteiger partial charge in [0.1, 0.15) is 17.3 Å². The lowest BCUT2D eigenvalue weighted by Gasteiger charge is -2.08. The Balaban J connectivity index is 2.40. The SMILES string of the molecule is COc1ccc2[nH]c(=S)n(-c3c(F)cc(F)cc3F)c2c1. The molecule has 0 saturated heterocycles. The first-order valence-electron chi connectivity index (χ1n) is 5.95. The summed E-state index contributed by atoms with van der Waals surface area (Å²) >= 11 is 5.11. The van der Waals surface area contributed by atoms with Crippen molar-refractivity contribution in [2.75, 3.05) is 7.11 Å². The van der Waals surface area contributed by atoms with Crippen LogP contribution in [0, 0.1) is 22.2 Å². The second kappa shape index (κ2) is 4.92. The molecule has 0 fully saturated rings. The molecule has 7 heteroatoms. The Morgan fingerprint density at radius 3 is 2.38 bits per heavy atom. The van der Waals surface area contributed by atoms with E-state index in [0.29, 0.717) is 28.9 Å². The number of nitrogens with zero attached hydrogens (tertiary/aromatic N) is 1. The van der Waals surface area contributed by atoms with Gasteiger partial charge in [-0.3, -0.25) is 4.57 Å². The molecule has 3 rings (SSSR count). The summed E-state index contributed by atoms with van der Waals surface area (Å²) in [5, 5.41) is 0. The summed E-state index contributed by atoms with van der Waals surface area (Å²) in [7, 11) is 1.48. The van der Waals surface area contributed by atoms with Crippen LogP contribution in [-0.4, -0.2) is 16.7 Å². The molecule has 3 nitrogen and oxygen atoms in total. The molecule has 0 aliphatic heterocycles. The standard InChI is InChI=1S/C14H9F3N2OS/c1-20-8-2-3-11-12(6-8)19(14(21)18-11)13-9(16)4-7(15)5-10(13)17/h2-6H,1H3,(H,18,21). The zero-order valence-corrected chi connectivity index (χ0v) is 11.6. The molecule has 0 atom stereocenters. The molecule has 1 aromatic heterocycles. The number of ether oxygens (including phenoxy) is 1. The number of nitrogens with one attached hydrogen (secondary N) is 1. The van der Waals surface area contributed by atoms with Crippen molar-refractivity contribution in [3.63, 3.8) is 0 Å². The van der Waals surface area contributed by atoms with E-state index < -0.39 is 23.1 Å². The van der Waals surface area contributed by atoms with E-state index in [4.69, 9.17) is 17.0 Å². The Morgan fingerprint density at radius 2 is 1.76 bits per heavy atom. The van der Waals surface area contributed by atoms with Gasteiger partial charge in [0, 0.05) is 18.2 Å². The van der Waals surface area contributed by atoms with Crippen LogP contribution in [0.15, 0.2) is 30.3 Å². The zero-order chi connectivity index (χ0) is 15.1. The lowest BCUT2D eigenvalue weighted by molar-refractivity contribution is 0.415. The molecule has 0 aliphatic rings. The van der Waals surface area contributed by atoms with Crippen molar-refractivity contribution in [2.45, 2.75) is 0 Å². The zero-order valence-electron chi connectivity index (χ0n) is 10.8. The molecule has 3 aromatic rings. The van der Waals surface area contributed by atoms with Gasteiger partial charge in [-0.05, 0) is 24.4 Å². The fourth-order valence-electron chi connectivity index (χ4n) is 2.18. The van der Waals surface area contributed by atoms with Gasteiger partial charge in [-0.25, -0.2) is 13.2 Å². The molecular weight excluding hydrogens is 301 g/mol. The first kappa shape index (κ1) is 13.7. The van der Waals surface area contributed by atoms with Gasteiger partial charge >= 0.3 is 0 Å². The number of halogens is 3. The molecule has 1 N–H and O–H groups in total. The molecule has 2 aromatic carbocycles. The van der Waals surface area contributed by atoms with Gasteiger partial charge in [-0.2, -0.15) is 0 Å². The lowest BCUT2D eigenvalue weighted by atomic mass is 10.2. The number of fused-ring (bicyclic) bond motifs is 1. The fraction of sp³-hybridized carbons (Fsp3) is 0.0714. The minimum Gasteiger partial charge on any atom is -0.497 e. The number of methoxy groups -OCH3 is 1. The highest BCUT2D eigenvalue weighted by Crippen LogP contribution is 2.27. The Kier molecular flexibility index (Phi) is 3.21. The Bertz CT molecular complexity index is 878. The molecule has 0 saturated carbocycles. The molecule has 21 heavy (non-hydrogen) atoms. The van der Waals surface area contributed by atoms with E-state index in [0.717, 1.165) is 0 Å². The second-order valence-corrected chi connectivity index (χ2v) is 4.75. The average Bonchev–Trinajstić information content (AvgIpc) is 2.73. The fourth-order valence-corrected chi connectivity index (χ4v) is 2.48. The third-order valence-electron chi connectivity index (χ3n) is 3.10. The second-order valence-electron chi connectivity index (χ2n) is 4.37. The van der Waals surface area contributed by atoms with Gasteiger partial charge in [0.05, 0.1) is 18.1 Å². The van der Waals surface area contributed by atoms with Crippen LogP contribution < -0.4 is 4.74 Å². The third kappa shape index (κ3) is 2.19. The molecule has 0 amide bonds. The predicted octanol–water partition coefficient (Wildman–Crippen LogP) is 4.11. The maximum Gasteiger partial charge on any atom is 0.182 e. The van der Waals surface area contributed by atoms with Crippen molar-refractivity contribution in [2.24, 2.45) is 0 Å². The summed E-state index contributed by atoms with van der Waals surface area (Å²) in [6.07, 6.45) is 0. The van der Waals surface area contributed by atoms with Crippen LogP contribution in [0.25, 0.3) is 16.7 Å². The monoisotopic (exact) mass is 310 g/mol. The first-order chi connectivity index (χ1) is 10.0. The number of aromatic amines is 1. The smallest absolute Gasteiger partial charge is 0.182 e. The molecule has 108 valence electrons. The van der Waals surface area contributed by atoms with E-state index in [9.17, 15) is 13.2 Å². The first-order valence-corrected chi connectivity index (χ1v) is 6.36. The number of rotatable bonds is 2.